The summed E-state index contributed by atoms with van der Waals surface area (Å²) in [5.74, 6) is -0.737. The standard InChI is InChI=1S/C27H34Cl2N2O4/c1-16(2)22-26(32)34-14-5-15-35-27(33)23(17(3)4)31-25(19-8-12-21(29)13-9-19)24(30-22)18-6-10-20(28)11-7-18/h6-13,16-17,22-25,30-31H,5,14-15H2,1-4H3/t22-,23-,24+,25+/m0/s1. The number of nitrogens with one attached hydrogen (secondary N) is 2. The number of ether oxygens (including phenoxy) is 2. The summed E-state index contributed by atoms with van der Waals surface area (Å²) in [6, 6.07) is 13.0. The fourth-order valence-corrected chi connectivity index (χ4v) is 4.40. The van der Waals surface area contributed by atoms with Gasteiger partial charge in [-0.2, -0.15) is 0 Å². The Kier molecular flexibility index (Phi) is 9.99. The molecule has 1 aliphatic heterocycles. The van der Waals surface area contributed by atoms with Crippen LogP contribution in [0.3, 0.4) is 0 Å². The van der Waals surface area contributed by atoms with Gasteiger partial charge in [-0.3, -0.25) is 20.2 Å². The van der Waals surface area contributed by atoms with Crippen LogP contribution in [-0.4, -0.2) is 37.2 Å². The van der Waals surface area contributed by atoms with Crippen LogP contribution in [-0.2, 0) is 19.1 Å². The molecule has 6 nitrogen and oxygen atoms in total. The molecule has 2 N–H and O–H groups in total. The first-order chi connectivity index (χ1) is 16.7. The average molecular weight is 521 g/mol. The highest BCUT2D eigenvalue weighted by molar-refractivity contribution is 6.30. The monoisotopic (exact) mass is 520 g/mol. The Morgan fingerprint density at radius 1 is 0.686 bits per heavy atom. The Balaban J connectivity index is 2.16. The molecule has 190 valence electrons. The summed E-state index contributed by atoms with van der Waals surface area (Å²) in [4.78, 5) is 26.1. The van der Waals surface area contributed by atoms with Crippen molar-refractivity contribution in [3.8, 4) is 0 Å². The van der Waals surface area contributed by atoms with Crippen LogP contribution in [0.2, 0.25) is 10.0 Å². The summed E-state index contributed by atoms with van der Waals surface area (Å²) in [5.41, 5.74) is 1.82. The molecule has 2 aromatic rings. The van der Waals surface area contributed by atoms with Gasteiger partial charge in [0.15, 0.2) is 0 Å². The second kappa shape index (κ2) is 12.7. The molecule has 1 saturated heterocycles. The summed E-state index contributed by atoms with van der Waals surface area (Å²) in [7, 11) is 0. The van der Waals surface area contributed by atoms with E-state index in [9.17, 15) is 9.59 Å². The lowest BCUT2D eigenvalue weighted by Gasteiger charge is -2.36. The number of rotatable bonds is 4. The van der Waals surface area contributed by atoms with Crippen LogP contribution in [0.1, 0.15) is 57.3 Å². The third-order valence-corrected chi connectivity index (χ3v) is 6.63. The second-order valence-corrected chi connectivity index (χ2v) is 10.4. The van der Waals surface area contributed by atoms with E-state index in [2.05, 4.69) is 10.6 Å². The van der Waals surface area contributed by atoms with Gasteiger partial charge in [0.1, 0.15) is 12.1 Å². The van der Waals surface area contributed by atoms with E-state index < -0.39 is 24.2 Å². The number of cyclic esters (lactones) is 2. The topological polar surface area (TPSA) is 76.7 Å². The van der Waals surface area contributed by atoms with Crippen molar-refractivity contribution < 1.29 is 19.1 Å². The summed E-state index contributed by atoms with van der Waals surface area (Å²) in [5, 5.41) is 8.32. The van der Waals surface area contributed by atoms with Crippen molar-refractivity contribution in [1.29, 1.82) is 0 Å². The molecule has 0 unspecified atom stereocenters. The Morgan fingerprint density at radius 3 is 1.34 bits per heavy atom. The van der Waals surface area contributed by atoms with E-state index in [1.807, 2.05) is 76.2 Å². The molecule has 0 saturated carbocycles. The molecule has 35 heavy (non-hydrogen) atoms. The van der Waals surface area contributed by atoms with Gasteiger partial charge in [0.2, 0.25) is 0 Å². The highest BCUT2D eigenvalue weighted by Gasteiger charge is 2.36. The first-order valence-electron chi connectivity index (χ1n) is 12.0. The molecule has 0 aromatic heterocycles. The molecule has 0 radical (unpaired) electrons. The maximum absolute atomic E-state index is 13.1. The summed E-state index contributed by atoms with van der Waals surface area (Å²) in [6.45, 7) is 8.27. The predicted molar refractivity (Wildman–Crippen MR) is 138 cm³/mol. The molecule has 0 aliphatic carbocycles. The van der Waals surface area contributed by atoms with Gasteiger partial charge >= 0.3 is 11.9 Å². The molecule has 1 heterocycles. The zero-order valence-corrected chi connectivity index (χ0v) is 22.1. The Bertz CT molecular complexity index is 900. The zero-order valence-electron chi connectivity index (χ0n) is 20.6. The first kappa shape index (κ1) is 27.5. The minimum atomic E-state index is -0.567. The smallest absolute Gasteiger partial charge is 0.323 e. The van der Waals surface area contributed by atoms with Crippen molar-refractivity contribution in [3.63, 3.8) is 0 Å². The van der Waals surface area contributed by atoms with Crippen LogP contribution >= 0.6 is 23.2 Å². The lowest BCUT2D eigenvalue weighted by atomic mass is 9.89. The normalized spacial score (nSPS) is 24.8. The Hall–Kier alpha value is -2.12. The molecule has 8 heteroatoms. The minimum absolute atomic E-state index is 0.0351. The van der Waals surface area contributed by atoms with E-state index in [4.69, 9.17) is 32.7 Å². The number of hydrogen-bond acceptors (Lipinski definition) is 6. The molecular formula is C27H34Cl2N2O4. The number of hydrogen-bond donors (Lipinski definition) is 2. The van der Waals surface area contributed by atoms with Crippen molar-refractivity contribution in [2.45, 2.75) is 58.3 Å². The van der Waals surface area contributed by atoms with E-state index >= 15 is 0 Å². The van der Waals surface area contributed by atoms with Gasteiger partial charge in [-0.05, 0) is 47.2 Å². The maximum atomic E-state index is 13.1. The van der Waals surface area contributed by atoms with Crippen molar-refractivity contribution in [2.24, 2.45) is 11.8 Å². The largest absolute Gasteiger partial charge is 0.464 e. The van der Waals surface area contributed by atoms with Gasteiger partial charge in [-0.15, -0.1) is 0 Å². The quantitative estimate of drug-likeness (QED) is 0.518. The molecule has 1 fully saturated rings. The van der Waals surface area contributed by atoms with Crippen molar-refractivity contribution in [3.05, 3.63) is 69.7 Å². The lowest BCUT2D eigenvalue weighted by molar-refractivity contribution is -0.149. The van der Waals surface area contributed by atoms with E-state index in [0.29, 0.717) is 16.5 Å². The Labute approximate surface area is 217 Å². The van der Waals surface area contributed by atoms with Crippen LogP contribution in [0.15, 0.2) is 48.5 Å². The van der Waals surface area contributed by atoms with Crippen molar-refractivity contribution >= 4 is 35.1 Å². The maximum Gasteiger partial charge on any atom is 0.323 e. The molecule has 2 aromatic carbocycles. The highest BCUT2D eigenvalue weighted by Crippen LogP contribution is 2.33. The van der Waals surface area contributed by atoms with E-state index in [1.165, 1.54) is 0 Å². The summed E-state index contributed by atoms with van der Waals surface area (Å²) < 4.78 is 11.1. The van der Waals surface area contributed by atoms with Crippen LogP contribution in [0, 0.1) is 11.8 Å². The van der Waals surface area contributed by atoms with E-state index in [1.54, 1.807) is 0 Å². The highest BCUT2D eigenvalue weighted by atomic mass is 35.5. The molecule has 4 atom stereocenters. The average Bonchev–Trinajstić information content (AvgIpc) is 2.82. The zero-order chi connectivity index (χ0) is 25.5. The van der Waals surface area contributed by atoms with Crippen LogP contribution in [0.5, 0.6) is 0 Å². The van der Waals surface area contributed by atoms with Gasteiger partial charge in [0.25, 0.3) is 0 Å². The number of carbonyl (C=O) groups is 2. The number of halogens is 2. The molecule has 0 amide bonds. The molecular weight excluding hydrogens is 487 g/mol. The van der Waals surface area contributed by atoms with Gasteiger partial charge < -0.3 is 9.47 Å². The van der Waals surface area contributed by atoms with Gasteiger partial charge in [0, 0.05) is 16.5 Å². The number of carbonyl (C=O) groups excluding carboxylic acids is 2. The molecule has 3 rings (SSSR count). The SMILES string of the molecule is CC(C)[C@@H]1N[C@H](c2ccc(Cl)cc2)[C@@H](c2ccc(Cl)cc2)N[C@@H](C(C)C)C(=O)OCCCOC1=O. The fourth-order valence-electron chi connectivity index (χ4n) is 4.15. The van der Waals surface area contributed by atoms with Gasteiger partial charge in [-0.1, -0.05) is 75.2 Å². The third-order valence-electron chi connectivity index (χ3n) is 6.13. The predicted octanol–water partition coefficient (Wildman–Crippen LogP) is 5.49. The minimum Gasteiger partial charge on any atom is -0.464 e. The lowest BCUT2D eigenvalue weighted by Crippen LogP contribution is -2.51. The third kappa shape index (κ3) is 7.43. The fraction of sp³-hybridized carbons (Fsp3) is 0.481. The Morgan fingerprint density at radius 2 is 1.03 bits per heavy atom. The summed E-state index contributed by atoms with van der Waals surface area (Å²) >= 11 is 12.4. The number of benzene rings is 2. The number of esters is 2. The van der Waals surface area contributed by atoms with Gasteiger partial charge in [0.05, 0.1) is 25.3 Å². The summed E-state index contributed by atoms with van der Waals surface area (Å²) in [6.07, 6.45) is 0.439. The molecule has 0 bridgehead atoms. The second-order valence-electron chi connectivity index (χ2n) is 9.52. The first-order valence-corrected chi connectivity index (χ1v) is 12.8. The van der Waals surface area contributed by atoms with Crippen LogP contribution in [0.25, 0.3) is 0 Å². The van der Waals surface area contributed by atoms with Crippen molar-refractivity contribution in [1.82, 2.24) is 10.6 Å². The molecule has 0 spiro atoms. The molecule has 1 aliphatic rings. The van der Waals surface area contributed by atoms with Crippen LogP contribution in [0.4, 0.5) is 0 Å². The van der Waals surface area contributed by atoms with E-state index in [0.717, 1.165) is 11.1 Å². The van der Waals surface area contributed by atoms with E-state index in [-0.39, 0.29) is 37.0 Å². The van der Waals surface area contributed by atoms with Crippen LogP contribution < -0.4 is 10.6 Å². The van der Waals surface area contributed by atoms with Gasteiger partial charge in [-0.25, -0.2) is 0 Å². The van der Waals surface area contributed by atoms with Crippen molar-refractivity contribution in [2.75, 3.05) is 13.2 Å².